The summed E-state index contributed by atoms with van der Waals surface area (Å²) in [6.07, 6.45) is 0. The predicted octanol–water partition coefficient (Wildman–Crippen LogP) is 2.59. The fraction of sp³-hybridized carbons (Fsp3) is 0.286. The Labute approximate surface area is 126 Å². The first-order valence-electron chi connectivity index (χ1n) is 6.11. The van der Waals surface area contributed by atoms with Crippen LogP contribution in [0.2, 0.25) is 5.02 Å². The molecular weight excluding hydrogens is 296 g/mol. The summed E-state index contributed by atoms with van der Waals surface area (Å²) in [5.41, 5.74) is 2.20. The van der Waals surface area contributed by atoms with Crippen molar-refractivity contribution in [3.8, 4) is 17.0 Å². The molecule has 0 aliphatic carbocycles. The first-order valence-corrected chi connectivity index (χ1v) is 6.48. The lowest BCUT2D eigenvalue weighted by atomic mass is 10.0. The van der Waals surface area contributed by atoms with Crippen LogP contribution in [0.5, 0.6) is 5.75 Å². The Bertz CT molecular complexity index is 682. The van der Waals surface area contributed by atoms with Crippen molar-refractivity contribution < 1.29 is 19.4 Å². The Morgan fingerprint density at radius 2 is 2.10 bits per heavy atom. The van der Waals surface area contributed by atoms with Gasteiger partial charge in [0, 0.05) is 19.7 Å². The molecule has 0 saturated heterocycles. The Morgan fingerprint density at radius 3 is 2.62 bits per heavy atom. The number of benzene rings is 1. The van der Waals surface area contributed by atoms with Crippen LogP contribution in [0.25, 0.3) is 11.3 Å². The van der Waals surface area contributed by atoms with Crippen molar-refractivity contribution in [1.82, 2.24) is 9.78 Å². The number of carboxylic acids is 1. The standard InChI is InChI=1S/C14H15ClN2O4/c1-17-12(6-11(16-17)14(18)19)9-5-10(15)13(21-3)4-8(9)7-20-2/h4-6H,7H2,1-3H3,(H,18,19). The number of hydrogen-bond donors (Lipinski definition) is 1. The van der Waals surface area contributed by atoms with Gasteiger partial charge in [-0.3, -0.25) is 4.68 Å². The number of halogens is 1. The number of aromatic nitrogens is 2. The quantitative estimate of drug-likeness (QED) is 0.919. The maximum Gasteiger partial charge on any atom is 0.356 e. The van der Waals surface area contributed by atoms with Crippen molar-refractivity contribution in [2.24, 2.45) is 7.05 Å². The minimum Gasteiger partial charge on any atom is -0.495 e. The molecule has 1 aromatic carbocycles. The van der Waals surface area contributed by atoms with Gasteiger partial charge in [0.1, 0.15) is 5.75 Å². The summed E-state index contributed by atoms with van der Waals surface area (Å²) in [5, 5.41) is 13.4. The van der Waals surface area contributed by atoms with Crippen molar-refractivity contribution in [2.45, 2.75) is 6.61 Å². The molecule has 0 unspecified atom stereocenters. The molecule has 0 radical (unpaired) electrons. The Hall–Kier alpha value is -2.05. The second-order valence-electron chi connectivity index (χ2n) is 4.42. The molecule has 21 heavy (non-hydrogen) atoms. The van der Waals surface area contributed by atoms with E-state index in [9.17, 15) is 4.79 Å². The van der Waals surface area contributed by atoms with E-state index in [0.29, 0.717) is 23.1 Å². The molecule has 6 nitrogen and oxygen atoms in total. The van der Waals surface area contributed by atoms with Crippen molar-refractivity contribution in [2.75, 3.05) is 14.2 Å². The predicted molar refractivity (Wildman–Crippen MR) is 77.9 cm³/mol. The zero-order valence-corrected chi connectivity index (χ0v) is 12.6. The first kappa shape index (κ1) is 15.3. The molecule has 1 N–H and O–H groups in total. The molecule has 0 atom stereocenters. The average Bonchev–Trinajstić information content (AvgIpc) is 2.83. The van der Waals surface area contributed by atoms with E-state index in [4.69, 9.17) is 26.2 Å². The van der Waals surface area contributed by atoms with Crippen LogP contribution in [-0.2, 0) is 18.4 Å². The van der Waals surface area contributed by atoms with Gasteiger partial charge < -0.3 is 14.6 Å². The summed E-state index contributed by atoms with van der Waals surface area (Å²) in [6.45, 7) is 0.344. The summed E-state index contributed by atoms with van der Waals surface area (Å²) in [7, 11) is 4.79. The number of carboxylic acid groups (broad SMARTS) is 1. The lowest BCUT2D eigenvalue weighted by Crippen LogP contribution is -2.01. The van der Waals surface area contributed by atoms with Crippen LogP contribution in [0.3, 0.4) is 0 Å². The van der Waals surface area contributed by atoms with Crippen molar-refractivity contribution in [3.05, 3.63) is 34.5 Å². The van der Waals surface area contributed by atoms with Crippen LogP contribution in [0.4, 0.5) is 0 Å². The molecule has 0 amide bonds. The van der Waals surface area contributed by atoms with E-state index in [0.717, 1.165) is 11.1 Å². The van der Waals surface area contributed by atoms with Crippen LogP contribution in [0.1, 0.15) is 16.1 Å². The van der Waals surface area contributed by atoms with Gasteiger partial charge in [-0.05, 0) is 23.8 Å². The molecule has 112 valence electrons. The highest BCUT2D eigenvalue weighted by Gasteiger charge is 2.17. The summed E-state index contributed by atoms with van der Waals surface area (Å²) in [5.74, 6) is -0.544. The summed E-state index contributed by atoms with van der Waals surface area (Å²) in [6, 6.07) is 4.99. The molecule has 0 spiro atoms. The fourth-order valence-corrected chi connectivity index (χ4v) is 2.33. The molecule has 7 heteroatoms. The van der Waals surface area contributed by atoms with Gasteiger partial charge in [-0.15, -0.1) is 0 Å². The van der Waals surface area contributed by atoms with Gasteiger partial charge in [0.25, 0.3) is 0 Å². The van der Waals surface area contributed by atoms with Gasteiger partial charge in [-0.1, -0.05) is 11.6 Å². The van der Waals surface area contributed by atoms with Crippen LogP contribution >= 0.6 is 11.6 Å². The second kappa shape index (κ2) is 6.15. The number of aromatic carboxylic acids is 1. The van der Waals surface area contributed by atoms with Crippen molar-refractivity contribution >= 4 is 17.6 Å². The Morgan fingerprint density at radius 1 is 1.38 bits per heavy atom. The van der Waals surface area contributed by atoms with E-state index < -0.39 is 5.97 Å². The highest BCUT2D eigenvalue weighted by molar-refractivity contribution is 6.32. The Balaban J connectivity index is 2.61. The zero-order valence-electron chi connectivity index (χ0n) is 11.9. The molecule has 0 fully saturated rings. The highest BCUT2D eigenvalue weighted by atomic mass is 35.5. The number of nitrogens with zero attached hydrogens (tertiary/aromatic N) is 2. The number of rotatable bonds is 5. The molecular formula is C14H15ClN2O4. The third-order valence-electron chi connectivity index (χ3n) is 3.05. The minimum atomic E-state index is -1.08. The summed E-state index contributed by atoms with van der Waals surface area (Å²) in [4.78, 5) is 11.0. The van der Waals surface area contributed by atoms with Crippen LogP contribution in [0.15, 0.2) is 18.2 Å². The normalized spacial score (nSPS) is 10.7. The van der Waals surface area contributed by atoms with E-state index in [1.165, 1.54) is 17.9 Å². The van der Waals surface area contributed by atoms with Gasteiger partial charge in [0.2, 0.25) is 0 Å². The largest absolute Gasteiger partial charge is 0.495 e. The number of ether oxygens (including phenoxy) is 2. The molecule has 2 aromatic rings. The van der Waals surface area contributed by atoms with E-state index in [2.05, 4.69) is 5.10 Å². The molecule has 0 saturated carbocycles. The number of methoxy groups -OCH3 is 2. The topological polar surface area (TPSA) is 73.6 Å². The third-order valence-corrected chi connectivity index (χ3v) is 3.35. The number of aryl methyl sites for hydroxylation is 1. The maximum atomic E-state index is 11.0. The van der Waals surface area contributed by atoms with Gasteiger partial charge in [-0.2, -0.15) is 5.10 Å². The van der Waals surface area contributed by atoms with Crippen molar-refractivity contribution in [1.29, 1.82) is 0 Å². The molecule has 1 heterocycles. The lowest BCUT2D eigenvalue weighted by molar-refractivity contribution is 0.0689. The molecule has 2 rings (SSSR count). The molecule has 0 aliphatic rings. The van der Waals surface area contributed by atoms with Gasteiger partial charge in [-0.25, -0.2) is 4.79 Å². The van der Waals surface area contributed by atoms with Crippen LogP contribution in [-0.4, -0.2) is 35.1 Å². The molecule has 0 bridgehead atoms. The monoisotopic (exact) mass is 310 g/mol. The average molecular weight is 311 g/mol. The summed E-state index contributed by atoms with van der Waals surface area (Å²) < 4.78 is 11.9. The van der Waals surface area contributed by atoms with Gasteiger partial charge in [0.15, 0.2) is 5.69 Å². The lowest BCUT2D eigenvalue weighted by Gasteiger charge is -2.12. The smallest absolute Gasteiger partial charge is 0.356 e. The SMILES string of the molecule is COCc1cc(OC)c(Cl)cc1-c1cc(C(=O)O)nn1C. The van der Waals surface area contributed by atoms with E-state index >= 15 is 0 Å². The second-order valence-corrected chi connectivity index (χ2v) is 4.83. The van der Waals surface area contributed by atoms with Crippen LogP contribution in [0, 0.1) is 0 Å². The van der Waals surface area contributed by atoms with E-state index in [-0.39, 0.29) is 5.69 Å². The van der Waals surface area contributed by atoms with E-state index in [1.807, 2.05) is 0 Å². The molecule has 1 aromatic heterocycles. The maximum absolute atomic E-state index is 11.0. The van der Waals surface area contributed by atoms with Crippen LogP contribution < -0.4 is 4.74 Å². The fourth-order valence-electron chi connectivity index (χ4n) is 2.09. The zero-order chi connectivity index (χ0) is 15.6. The third kappa shape index (κ3) is 3.01. The minimum absolute atomic E-state index is 0.0252. The van der Waals surface area contributed by atoms with Crippen molar-refractivity contribution in [3.63, 3.8) is 0 Å². The van der Waals surface area contributed by atoms with Gasteiger partial charge in [0.05, 0.1) is 24.4 Å². The number of hydrogen-bond acceptors (Lipinski definition) is 4. The first-order chi connectivity index (χ1) is 9.97. The molecule has 0 aliphatic heterocycles. The van der Waals surface area contributed by atoms with E-state index in [1.54, 1.807) is 26.3 Å². The highest BCUT2D eigenvalue weighted by Crippen LogP contribution is 2.34. The Kier molecular flexibility index (Phi) is 4.50. The number of carbonyl (C=O) groups is 1. The summed E-state index contributed by atoms with van der Waals surface area (Å²) >= 11 is 6.16. The van der Waals surface area contributed by atoms with Gasteiger partial charge >= 0.3 is 5.97 Å².